The molecule has 0 aromatic heterocycles. The van der Waals surface area contributed by atoms with Gasteiger partial charge in [-0.2, -0.15) is 0 Å². The predicted molar refractivity (Wildman–Crippen MR) is 105 cm³/mol. The van der Waals surface area contributed by atoms with E-state index >= 15 is 0 Å². The molecule has 2 aromatic carbocycles. The number of carbonyl (C=O) groups excluding carboxylic acids is 2. The van der Waals surface area contributed by atoms with Gasteiger partial charge in [-0.1, -0.05) is 38.1 Å². The maximum absolute atomic E-state index is 13.3. The largest absolute Gasteiger partial charge is 0.454 e. The van der Waals surface area contributed by atoms with Crippen molar-refractivity contribution in [2.75, 3.05) is 5.32 Å². The maximum Gasteiger partial charge on any atom is 0.411 e. The Balaban J connectivity index is 1.81. The lowest BCUT2D eigenvalue weighted by Crippen LogP contribution is -2.48. The van der Waals surface area contributed by atoms with Crippen LogP contribution in [-0.2, 0) is 16.1 Å². The summed E-state index contributed by atoms with van der Waals surface area (Å²) < 4.78 is 10.8. The minimum atomic E-state index is -2.31. The summed E-state index contributed by atoms with van der Waals surface area (Å²) in [6.45, 7) is 7.42. The highest BCUT2D eigenvalue weighted by atomic mass is 16.7. The smallest absolute Gasteiger partial charge is 0.411 e. The first-order chi connectivity index (χ1) is 13.6. The molecule has 29 heavy (non-hydrogen) atoms. The summed E-state index contributed by atoms with van der Waals surface area (Å²) in [6, 6.07) is 9.70. The number of anilines is 1. The first kappa shape index (κ1) is 19.4. The number of ketones is 1. The van der Waals surface area contributed by atoms with Gasteiger partial charge in [0.15, 0.2) is 0 Å². The highest BCUT2D eigenvalue weighted by molar-refractivity contribution is 6.14. The fourth-order valence-electron chi connectivity index (χ4n) is 3.94. The molecule has 0 spiro atoms. The normalized spacial score (nSPS) is 24.2. The summed E-state index contributed by atoms with van der Waals surface area (Å²) in [7, 11) is 0. The molecule has 1 heterocycles. The van der Waals surface area contributed by atoms with Crippen molar-refractivity contribution >= 4 is 17.6 Å². The van der Waals surface area contributed by atoms with E-state index in [2.05, 4.69) is 5.32 Å². The molecule has 2 aromatic rings. The van der Waals surface area contributed by atoms with E-state index in [1.54, 1.807) is 38.1 Å². The Hall–Kier alpha value is -2.90. The van der Waals surface area contributed by atoms with Gasteiger partial charge >= 0.3 is 6.09 Å². The second-order valence-electron chi connectivity index (χ2n) is 8.00. The second kappa shape index (κ2) is 6.30. The molecule has 2 atom stereocenters. The van der Waals surface area contributed by atoms with Crippen LogP contribution < -0.4 is 10.1 Å². The number of fused-ring (bicyclic) bond motifs is 5. The van der Waals surface area contributed by atoms with Crippen LogP contribution in [0.3, 0.4) is 0 Å². The number of hydrogen-bond acceptors (Lipinski definition) is 6. The Bertz CT molecular complexity index is 1030. The molecule has 2 unspecified atom stereocenters. The quantitative estimate of drug-likeness (QED) is 0.733. The lowest BCUT2D eigenvalue weighted by molar-refractivity contribution is -0.224. The Morgan fingerprint density at radius 3 is 2.48 bits per heavy atom. The fourth-order valence-corrected chi connectivity index (χ4v) is 3.94. The van der Waals surface area contributed by atoms with Crippen molar-refractivity contribution in [3.63, 3.8) is 0 Å². The van der Waals surface area contributed by atoms with Crippen molar-refractivity contribution in [2.45, 2.75) is 51.1 Å². The number of rotatable bonds is 3. The molecule has 0 bridgehead atoms. The molecule has 1 aliphatic heterocycles. The molecule has 2 aliphatic rings. The molecule has 3 N–H and O–H groups in total. The Morgan fingerprint density at radius 1 is 1.10 bits per heavy atom. The highest BCUT2D eigenvalue weighted by Gasteiger charge is 2.71. The molecule has 4 rings (SSSR count). The van der Waals surface area contributed by atoms with Gasteiger partial charge in [0.2, 0.25) is 11.4 Å². The van der Waals surface area contributed by atoms with Gasteiger partial charge in [-0.15, -0.1) is 0 Å². The summed E-state index contributed by atoms with van der Waals surface area (Å²) in [5, 5.41) is 25.2. The molecule has 1 amide bonds. The minimum absolute atomic E-state index is 0.00297. The highest BCUT2D eigenvalue weighted by Crippen LogP contribution is 2.59. The number of nitrogens with one attached hydrogen (secondary N) is 1. The molecule has 152 valence electrons. The van der Waals surface area contributed by atoms with Crippen LogP contribution in [0, 0.1) is 0 Å². The Labute approximate surface area is 168 Å². The van der Waals surface area contributed by atoms with Crippen molar-refractivity contribution in [1.82, 2.24) is 0 Å². The molecule has 7 nitrogen and oxygen atoms in total. The van der Waals surface area contributed by atoms with Gasteiger partial charge in [0, 0.05) is 11.1 Å². The molecule has 1 aliphatic carbocycles. The molecule has 0 saturated heterocycles. The minimum Gasteiger partial charge on any atom is -0.454 e. The third-order valence-corrected chi connectivity index (χ3v) is 5.37. The van der Waals surface area contributed by atoms with Gasteiger partial charge in [-0.05, 0) is 37.5 Å². The van der Waals surface area contributed by atoms with Crippen LogP contribution in [0.5, 0.6) is 5.75 Å². The monoisotopic (exact) mass is 397 g/mol. The van der Waals surface area contributed by atoms with E-state index in [1.165, 1.54) is 12.1 Å². The van der Waals surface area contributed by atoms with Crippen LogP contribution in [0.1, 0.15) is 60.7 Å². The van der Waals surface area contributed by atoms with Gasteiger partial charge in [-0.25, -0.2) is 4.79 Å². The van der Waals surface area contributed by atoms with Crippen LogP contribution >= 0.6 is 0 Å². The van der Waals surface area contributed by atoms with E-state index in [9.17, 15) is 19.8 Å². The fraction of sp³-hybridized carbons (Fsp3) is 0.364. The van der Waals surface area contributed by atoms with Crippen LogP contribution in [0.2, 0.25) is 0 Å². The van der Waals surface area contributed by atoms with E-state index < -0.39 is 23.3 Å². The van der Waals surface area contributed by atoms with Crippen LogP contribution in [0.4, 0.5) is 10.5 Å². The first-order valence-corrected chi connectivity index (χ1v) is 9.53. The van der Waals surface area contributed by atoms with Crippen LogP contribution in [0.15, 0.2) is 36.4 Å². The molecule has 0 radical (unpaired) electrons. The lowest BCUT2D eigenvalue weighted by Gasteiger charge is -2.28. The molecular weight excluding hydrogens is 374 g/mol. The third-order valence-electron chi connectivity index (χ3n) is 5.37. The zero-order valence-corrected chi connectivity index (χ0v) is 16.6. The summed E-state index contributed by atoms with van der Waals surface area (Å²) in [4.78, 5) is 25.4. The standard InChI is InChI=1S/C22H23NO6/c1-11(2)13-8-9-14-17(10-13)29-22(27)15-6-5-7-16(23-20(25)28-12(3)4)18(15)19(24)21(14,22)26/h5-12,26-27H,1-4H3,(H,23,25). The average molecular weight is 397 g/mol. The third kappa shape index (κ3) is 2.58. The van der Waals surface area contributed by atoms with Crippen LogP contribution in [0.25, 0.3) is 0 Å². The topological polar surface area (TPSA) is 105 Å². The van der Waals surface area contributed by atoms with Gasteiger partial charge in [0.05, 0.1) is 17.4 Å². The van der Waals surface area contributed by atoms with Gasteiger partial charge < -0.3 is 19.7 Å². The summed E-state index contributed by atoms with van der Waals surface area (Å²) in [6.07, 6.45) is -1.08. The van der Waals surface area contributed by atoms with Crippen molar-refractivity contribution in [3.8, 4) is 5.75 Å². The second-order valence-corrected chi connectivity index (χ2v) is 8.00. The van der Waals surface area contributed by atoms with Gasteiger partial charge in [0.25, 0.3) is 5.79 Å². The number of carbonyl (C=O) groups is 2. The van der Waals surface area contributed by atoms with Crippen molar-refractivity contribution in [1.29, 1.82) is 0 Å². The zero-order chi connectivity index (χ0) is 21.1. The van der Waals surface area contributed by atoms with E-state index in [0.717, 1.165) is 5.56 Å². The van der Waals surface area contributed by atoms with Crippen molar-refractivity contribution in [2.24, 2.45) is 0 Å². The number of aliphatic hydroxyl groups is 2. The Morgan fingerprint density at radius 2 is 1.83 bits per heavy atom. The van der Waals surface area contributed by atoms with E-state index in [0.29, 0.717) is 0 Å². The van der Waals surface area contributed by atoms with Crippen LogP contribution in [-0.4, -0.2) is 28.2 Å². The van der Waals surface area contributed by atoms with Crippen molar-refractivity contribution in [3.05, 3.63) is 58.7 Å². The van der Waals surface area contributed by atoms with E-state index in [-0.39, 0.29) is 40.1 Å². The number of benzene rings is 2. The first-order valence-electron chi connectivity index (χ1n) is 9.53. The number of Topliss-reactive ketones (excluding diaryl/α,β-unsaturated/α-hetero) is 1. The molecule has 0 fully saturated rings. The predicted octanol–water partition coefficient (Wildman–Crippen LogP) is 3.39. The maximum atomic E-state index is 13.3. The number of amides is 1. The van der Waals surface area contributed by atoms with E-state index in [4.69, 9.17) is 9.47 Å². The van der Waals surface area contributed by atoms with Crippen molar-refractivity contribution < 1.29 is 29.3 Å². The molecular formula is C22H23NO6. The van der Waals surface area contributed by atoms with Gasteiger partial charge in [-0.3, -0.25) is 10.1 Å². The van der Waals surface area contributed by atoms with Gasteiger partial charge in [0.1, 0.15) is 5.75 Å². The number of hydrogen-bond donors (Lipinski definition) is 3. The summed E-state index contributed by atoms with van der Waals surface area (Å²) in [5.74, 6) is -2.56. The lowest BCUT2D eigenvalue weighted by atomic mass is 9.86. The molecule has 0 saturated carbocycles. The average Bonchev–Trinajstić information content (AvgIpc) is 2.97. The summed E-state index contributed by atoms with van der Waals surface area (Å²) in [5.41, 5.74) is -0.929. The summed E-state index contributed by atoms with van der Waals surface area (Å²) >= 11 is 0. The Kier molecular flexibility index (Phi) is 4.22. The molecule has 7 heteroatoms. The SMILES string of the molecule is CC(C)OC(=O)Nc1cccc2c1C(=O)C1(O)c3ccc(C(C)C)cc3OC21O. The zero-order valence-electron chi connectivity index (χ0n) is 16.6. The van der Waals surface area contributed by atoms with E-state index in [1.807, 2.05) is 13.8 Å². The number of ether oxygens (including phenoxy) is 2.